The summed E-state index contributed by atoms with van der Waals surface area (Å²) in [5, 5.41) is 13.3. The fourth-order valence-electron chi connectivity index (χ4n) is 3.42. The van der Waals surface area contributed by atoms with Crippen molar-refractivity contribution in [2.24, 2.45) is 7.05 Å². The zero-order valence-corrected chi connectivity index (χ0v) is 15.6. The monoisotopic (exact) mass is 383 g/mol. The number of hydrogen-bond acceptors (Lipinski definition) is 4. The number of aliphatic hydroxyl groups is 1. The lowest BCUT2D eigenvalue weighted by atomic mass is 9.97. The van der Waals surface area contributed by atoms with Crippen LogP contribution in [-0.4, -0.2) is 33.0 Å². The molecule has 0 saturated carbocycles. The average molecular weight is 383 g/mol. The van der Waals surface area contributed by atoms with Crippen molar-refractivity contribution in [1.29, 1.82) is 0 Å². The summed E-state index contributed by atoms with van der Waals surface area (Å²) in [6.07, 6.45) is -1.92. The highest BCUT2D eigenvalue weighted by Gasteiger charge is 2.56. The number of alkyl halides is 3. The highest BCUT2D eigenvalue weighted by atomic mass is 19.4. The number of imidazole rings is 1. The van der Waals surface area contributed by atoms with E-state index >= 15 is 0 Å². The van der Waals surface area contributed by atoms with Crippen LogP contribution in [-0.2, 0) is 25.6 Å². The average Bonchev–Trinajstić information content (AvgIpc) is 3.11. The Bertz CT molecular complexity index is 817. The molecule has 0 radical (unpaired) electrons. The van der Waals surface area contributed by atoms with Gasteiger partial charge in [0, 0.05) is 38.8 Å². The van der Waals surface area contributed by atoms with Crippen molar-refractivity contribution in [3.63, 3.8) is 0 Å². The fourth-order valence-corrected chi connectivity index (χ4v) is 3.42. The first-order valence-corrected chi connectivity index (χ1v) is 8.80. The molecule has 2 aromatic rings. The first-order chi connectivity index (χ1) is 12.5. The van der Waals surface area contributed by atoms with Crippen molar-refractivity contribution in [2.75, 3.05) is 6.54 Å². The number of ether oxygens (including phenoxy) is 1. The van der Waals surface area contributed by atoms with E-state index in [0.29, 0.717) is 6.54 Å². The molecule has 0 bridgehead atoms. The minimum atomic E-state index is -4.82. The second-order valence-corrected chi connectivity index (χ2v) is 7.63. The summed E-state index contributed by atoms with van der Waals surface area (Å²) in [7, 11) is 1.43. The van der Waals surface area contributed by atoms with Gasteiger partial charge in [0.2, 0.25) is 5.60 Å². The van der Waals surface area contributed by atoms with E-state index in [-0.39, 0.29) is 12.1 Å². The summed E-state index contributed by atoms with van der Waals surface area (Å²) < 4.78 is 47.4. The standard InChI is InChI=1S/C19H24F3N3O2/c1-17(2)11-14-10-13(4-5-15(14)27-17)12-23-7-6-18(26,19(20,21)22)16-24-8-9-25(16)3/h4-5,8-10,23,26H,6-7,11-12H2,1-3H3. The first-order valence-electron chi connectivity index (χ1n) is 8.80. The van der Waals surface area contributed by atoms with Gasteiger partial charge >= 0.3 is 6.18 Å². The summed E-state index contributed by atoms with van der Waals surface area (Å²) >= 11 is 0. The van der Waals surface area contributed by atoms with Crippen molar-refractivity contribution in [3.05, 3.63) is 47.5 Å². The third-order valence-electron chi connectivity index (χ3n) is 4.78. The van der Waals surface area contributed by atoms with Crippen LogP contribution in [0.4, 0.5) is 13.2 Å². The number of aryl methyl sites for hydroxylation is 1. The van der Waals surface area contributed by atoms with E-state index in [1.807, 2.05) is 32.0 Å². The van der Waals surface area contributed by atoms with E-state index in [2.05, 4.69) is 10.3 Å². The molecule has 27 heavy (non-hydrogen) atoms. The van der Waals surface area contributed by atoms with Gasteiger partial charge in [-0.05, 0) is 37.6 Å². The van der Waals surface area contributed by atoms with E-state index in [1.54, 1.807) is 0 Å². The zero-order chi connectivity index (χ0) is 19.9. The zero-order valence-electron chi connectivity index (χ0n) is 15.6. The highest BCUT2D eigenvalue weighted by molar-refractivity contribution is 5.41. The van der Waals surface area contributed by atoms with Gasteiger partial charge in [0.25, 0.3) is 0 Å². The molecule has 0 aliphatic carbocycles. The highest BCUT2D eigenvalue weighted by Crippen LogP contribution is 2.40. The van der Waals surface area contributed by atoms with Crippen LogP contribution in [0.3, 0.4) is 0 Å². The maximum atomic E-state index is 13.5. The molecular weight excluding hydrogens is 359 g/mol. The summed E-state index contributed by atoms with van der Waals surface area (Å²) in [6.45, 7) is 4.42. The van der Waals surface area contributed by atoms with Crippen LogP contribution in [0.25, 0.3) is 0 Å². The number of nitrogens with one attached hydrogen (secondary N) is 1. The van der Waals surface area contributed by atoms with Gasteiger partial charge in [-0.3, -0.25) is 0 Å². The molecule has 5 nitrogen and oxygen atoms in total. The quantitative estimate of drug-likeness (QED) is 0.753. The number of benzene rings is 1. The maximum Gasteiger partial charge on any atom is 0.424 e. The molecule has 1 atom stereocenters. The van der Waals surface area contributed by atoms with E-state index in [4.69, 9.17) is 4.74 Å². The predicted molar refractivity (Wildman–Crippen MR) is 94.3 cm³/mol. The van der Waals surface area contributed by atoms with Gasteiger partial charge < -0.3 is 19.7 Å². The van der Waals surface area contributed by atoms with Gasteiger partial charge in [0.15, 0.2) is 0 Å². The molecular formula is C19H24F3N3O2. The van der Waals surface area contributed by atoms with E-state index in [1.165, 1.54) is 24.0 Å². The Balaban J connectivity index is 1.62. The topological polar surface area (TPSA) is 59.3 Å². The summed E-state index contributed by atoms with van der Waals surface area (Å²) in [5.41, 5.74) is -1.17. The van der Waals surface area contributed by atoms with Gasteiger partial charge in [-0.25, -0.2) is 4.98 Å². The van der Waals surface area contributed by atoms with Gasteiger partial charge in [-0.15, -0.1) is 0 Å². The first kappa shape index (κ1) is 19.7. The van der Waals surface area contributed by atoms with Gasteiger partial charge in [-0.1, -0.05) is 12.1 Å². The number of rotatable bonds is 6. The fraction of sp³-hybridized carbons (Fsp3) is 0.526. The minimum absolute atomic E-state index is 0.0120. The van der Waals surface area contributed by atoms with E-state index < -0.39 is 24.0 Å². The number of aromatic nitrogens is 2. The predicted octanol–water partition coefficient (Wildman–Crippen LogP) is 3.06. The van der Waals surface area contributed by atoms with Crippen molar-refractivity contribution in [1.82, 2.24) is 14.9 Å². The Labute approximate surface area is 156 Å². The SMILES string of the molecule is Cn1ccnc1C(O)(CCNCc1ccc2c(c1)CC(C)(C)O2)C(F)(F)F. The Kier molecular flexibility index (Phi) is 4.98. The minimum Gasteiger partial charge on any atom is -0.487 e. The number of fused-ring (bicyclic) bond motifs is 1. The normalized spacial score (nSPS) is 18.0. The van der Waals surface area contributed by atoms with Crippen LogP contribution in [0.2, 0.25) is 0 Å². The molecule has 8 heteroatoms. The number of nitrogens with zero attached hydrogens (tertiary/aromatic N) is 2. The van der Waals surface area contributed by atoms with Gasteiger partial charge in [-0.2, -0.15) is 13.2 Å². The van der Waals surface area contributed by atoms with Crippen LogP contribution in [0.1, 0.15) is 37.2 Å². The Morgan fingerprint density at radius 2 is 2.07 bits per heavy atom. The third kappa shape index (κ3) is 3.96. The maximum absolute atomic E-state index is 13.5. The van der Waals surface area contributed by atoms with Gasteiger partial charge in [0.05, 0.1) is 0 Å². The van der Waals surface area contributed by atoms with Crippen LogP contribution in [0, 0.1) is 0 Å². The van der Waals surface area contributed by atoms with Crippen molar-refractivity contribution < 1.29 is 23.0 Å². The molecule has 1 aromatic carbocycles. The smallest absolute Gasteiger partial charge is 0.424 e. The molecule has 0 fully saturated rings. The number of halogens is 3. The van der Waals surface area contributed by atoms with Gasteiger partial charge in [0.1, 0.15) is 17.2 Å². The Morgan fingerprint density at radius 3 is 2.70 bits per heavy atom. The van der Waals surface area contributed by atoms with E-state index in [9.17, 15) is 18.3 Å². The molecule has 0 amide bonds. The van der Waals surface area contributed by atoms with Crippen LogP contribution >= 0.6 is 0 Å². The Morgan fingerprint density at radius 1 is 1.33 bits per heavy atom. The van der Waals surface area contributed by atoms with Crippen molar-refractivity contribution >= 4 is 0 Å². The molecule has 1 aliphatic heterocycles. The van der Waals surface area contributed by atoms with Crippen molar-refractivity contribution in [3.8, 4) is 5.75 Å². The molecule has 0 spiro atoms. The second kappa shape index (κ2) is 6.83. The van der Waals surface area contributed by atoms with E-state index in [0.717, 1.165) is 23.3 Å². The lowest BCUT2D eigenvalue weighted by Crippen LogP contribution is -2.46. The summed E-state index contributed by atoms with van der Waals surface area (Å²) in [6, 6.07) is 5.79. The molecule has 2 heterocycles. The van der Waals surface area contributed by atoms with Crippen molar-refractivity contribution in [2.45, 2.75) is 50.6 Å². The Hall–Kier alpha value is -2.06. The third-order valence-corrected chi connectivity index (χ3v) is 4.78. The molecule has 3 rings (SSSR count). The molecule has 1 aliphatic rings. The molecule has 1 unspecified atom stereocenters. The van der Waals surface area contributed by atoms with Crippen LogP contribution in [0.15, 0.2) is 30.6 Å². The molecule has 0 saturated heterocycles. The molecule has 148 valence electrons. The molecule has 2 N–H and O–H groups in total. The van der Waals surface area contributed by atoms with Crippen LogP contribution in [0.5, 0.6) is 5.75 Å². The largest absolute Gasteiger partial charge is 0.487 e. The molecule has 1 aromatic heterocycles. The number of hydrogen-bond donors (Lipinski definition) is 2. The van der Waals surface area contributed by atoms with Crippen LogP contribution < -0.4 is 10.1 Å². The lowest BCUT2D eigenvalue weighted by molar-refractivity contribution is -0.272. The lowest BCUT2D eigenvalue weighted by Gasteiger charge is -2.30. The summed E-state index contributed by atoms with van der Waals surface area (Å²) in [5.74, 6) is 0.443. The summed E-state index contributed by atoms with van der Waals surface area (Å²) in [4.78, 5) is 3.70. The second-order valence-electron chi connectivity index (χ2n) is 7.63.